The van der Waals surface area contributed by atoms with E-state index < -0.39 is 23.1 Å². The Morgan fingerprint density at radius 1 is 1.08 bits per heavy atom. The van der Waals surface area contributed by atoms with Crippen molar-refractivity contribution >= 4 is 23.1 Å². The number of alkyl halides is 3. The van der Waals surface area contributed by atoms with Crippen LogP contribution in [-0.2, 0) is 11.0 Å². The van der Waals surface area contributed by atoms with Crippen LogP contribution in [0.3, 0.4) is 0 Å². The Morgan fingerprint density at radius 3 is 2.21 bits per heavy atom. The highest BCUT2D eigenvalue weighted by atomic mass is 35.5. The van der Waals surface area contributed by atoms with Crippen molar-refractivity contribution in [1.82, 2.24) is 0 Å². The van der Waals surface area contributed by atoms with Gasteiger partial charge < -0.3 is 19.9 Å². The molecule has 206 valence electrons. The van der Waals surface area contributed by atoms with Crippen LogP contribution in [0, 0.1) is 16.7 Å². The van der Waals surface area contributed by atoms with E-state index in [1.165, 1.54) is 26.2 Å². The summed E-state index contributed by atoms with van der Waals surface area (Å²) in [5.74, 6) is -0.447. The van der Waals surface area contributed by atoms with Gasteiger partial charge in [0.15, 0.2) is 5.78 Å². The maximum atomic E-state index is 13.8. The summed E-state index contributed by atoms with van der Waals surface area (Å²) in [6.07, 6.45) is -4.24. The van der Waals surface area contributed by atoms with Crippen LogP contribution >= 0.6 is 11.6 Å². The number of halogens is 4. The predicted molar refractivity (Wildman–Crippen MR) is 140 cm³/mol. The van der Waals surface area contributed by atoms with Gasteiger partial charge in [-0.05, 0) is 30.0 Å². The molecule has 2 aromatic carbocycles. The minimum atomic E-state index is -4.66. The number of allylic oxidation sites excluding steroid dienone is 3. The van der Waals surface area contributed by atoms with Crippen LogP contribution in [0.2, 0.25) is 5.02 Å². The molecule has 0 radical (unpaired) electrons. The molecule has 0 spiro atoms. The van der Waals surface area contributed by atoms with Gasteiger partial charge in [-0.1, -0.05) is 25.4 Å². The molecule has 1 aliphatic heterocycles. The molecular formula is C28H27ClF3N3O4. The molecule has 7 nitrogen and oxygen atoms in total. The SMILES string of the molecule is COc1cc(OC)c([C@H]2C(C#N)=C(N)N(c3cc(C(F)(F)F)ccc3Cl)C3=C2C(=O)CC(C)(C)C3)c(OC)c1. The van der Waals surface area contributed by atoms with Crippen molar-refractivity contribution in [3.05, 3.63) is 69.1 Å². The molecule has 11 heteroatoms. The molecule has 0 fully saturated rings. The summed E-state index contributed by atoms with van der Waals surface area (Å²) in [5.41, 5.74) is 5.90. The minimum Gasteiger partial charge on any atom is -0.496 e. The third-order valence-corrected chi connectivity index (χ3v) is 7.26. The van der Waals surface area contributed by atoms with Gasteiger partial charge in [0, 0.05) is 35.4 Å². The molecule has 0 amide bonds. The van der Waals surface area contributed by atoms with Gasteiger partial charge in [0.25, 0.3) is 0 Å². The smallest absolute Gasteiger partial charge is 0.416 e. The lowest BCUT2D eigenvalue weighted by molar-refractivity contribution is -0.137. The summed E-state index contributed by atoms with van der Waals surface area (Å²) in [7, 11) is 4.32. The Kier molecular flexibility index (Phi) is 7.25. The number of hydrogen-bond acceptors (Lipinski definition) is 7. The summed E-state index contributed by atoms with van der Waals surface area (Å²) < 4.78 is 57.6. The van der Waals surface area contributed by atoms with E-state index in [9.17, 15) is 23.2 Å². The van der Waals surface area contributed by atoms with E-state index in [2.05, 4.69) is 6.07 Å². The van der Waals surface area contributed by atoms with E-state index >= 15 is 0 Å². The normalized spacial score (nSPS) is 19.0. The van der Waals surface area contributed by atoms with Gasteiger partial charge in [-0.15, -0.1) is 0 Å². The molecule has 4 rings (SSSR count). The number of methoxy groups -OCH3 is 3. The van der Waals surface area contributed by atoms with Gasteiger partial charge >= 0.3 is 6.18 Å². The van der Waals surface area contributed by atoms with Crippen molar-refractivity contribution in [3.63, 3.8) is 0 Å². The standard InChI is InChI=1S/C28H27ClF3N3O4/c1-27(2)11-19-24(20(36)12-27)23(25-21(38-4)9-15(37-3)10-22(25)39-5)16(13-33)26(34)35(19)18-8-14(28(30,31)32)6-7-17(18)29/h6-10,23H,11-12,34H2,1-5H3/t23-/m0/s1. The van der Waals surface area contributed by atoms with Crippen LogP contribution in [-0.4, -0.2) is 27.1 Å². The highest BCUT2D eigenvalue weighted by molar-refractivity contribution is 6.33. The predicted octanol–water partition coefficient (Wildman–Crippen LogP) is 6.33. The van der Waals surface area contributed by atoms with Gasteiger partial charge in [0.1, 0.15) is 23.1 Å². The zero-order valence-electron chi connectivity index (χ0n) is 22.0. The fourth-order valence-corrected chi connectivity index (χ4v) is 5.45. The average Bonchev–Trinajstić information content (AvgIpc) is 2.86. The first-order valence-electron chi connectivity index (χ1n) is 11.9. The largest absolute Gasteiger partial charge is 0.496 e. The van der Waals surface area contributed by atoms with Crippen molar-refractivity contribution in [3.8, 4) is 23.3 Å². The average molecular weight is 562 g/mol. The Morgan fingerprint density at radius 2 is 1.69 bits per heavy atom. The Balaban J connectivity index is 2.10. The second-order valence-electron chi connectivity index (χ2n) is 10.1. The Bertz CT molecular complexity index is 1430. The van der Waals surface area contributed by atoms with E-state index in [-0.39, 0.29) is 57.8 Å². The van der Waals surface area contributed by atoms with Crippen LogP contribution < -0.4 is 24.8 Å². The lowest BCUT2D eigenvalue weighted by atomic mass is 9.68. The van der Waals surface area contributed by atoms with Crippen molar-refractivity contribution in [2.75, 3.05) is 26.2 Å². The van der Waals surface area contributed by atoms with E-state index in [4.69, 9.17) is 31.5 Å². The maximum Gasteiger partial charge on any atom is 0.416 e. The highest BCUT2D eigenvalue weighted by Gasteiger charge is 2.47. The van der Waals surface area contributed by atoms with Gasteiger partial charge in [-0.3, -0.25) is 9.69 Å². The zero-order chi connectivity index (χ0) is 28.9. The van der Waals surface area contributed by atoms with E-state index in [0.717, 1.165) is 18.2 Å². The molecule has 0 aromatic heterocycles. The molecule has 0 saturated carbocycles. The Hall–Kier alpha value is -3.84. The van der Waals surface area contributed by atoms with Crippen LogP contribution in [0.25, 0.3) is 0 Å². The molecule has 0 bridgehead atoms. The van der Waals surface area contributed by atoms with Crippen LogP contribution in [0.15, 0.2) is 53.0 Å². The topological polar surface area (TPSA) is 97.8 Å². The second kappa shape index (κ2) is 10.0. The number of ether oxygens (including phenoxy) is 3. The first-order chi connectivity index (χ1) is 18.3. The highest BCUT2D eigenvalue weighted by Crippen LogP contribution is 2.54. The number of nitriles is 1. The van der Waals surface area contributed by atoms with Crippen LogP contribution in [0.5, 0.6) is 17.2 Å². The fraction of sp³-hybridized carbons (Fsp3) is 0.357. The third kappa shape index (κ3) is 4.87. The Labute approximate surface area is 229 Å². The molecule has 0 unspecified atom stereocenters. The lowest BCUT2D eigenvalue weighted by Gasteiger charge is -2.44. The number of Topliss-reactive ketones (excluding diaryl/α,β-unsaturated/α-hetero) is 1. The summed E-state index contributed by atoms with van der Waals surface area (Å²) in [6.45, 7) is 3.76. The summed E-state index contributed by atoms with van der Waals surface area (Å²) >= 11 is 6.43. The van der Waals surface area contributed by atoms with E-state index in [0.29, 0.717) is 17.0 Å². The van der Waals surface area contributed by atoms with Crippen LogP contribution in [0.4, 0.5) is 18.9 Å². The number of carbonyl (C=O) groups is 1. The number of hydrogen-bond donors (Lipinski definition) is 1. The molecule has 2 aromatic rings. The quantitative estimate of drug-likeness (QED) is 0.456. The third-order valence-electron chi connectivity index (χ3n) is 6.94. The number of rotatable bonds is 5. The molecule has 2 aliphatic rings. The molecule has 1 atom stereocenters. The van der Waals surface area contributed by atoms with E-state index in [1.54, 1.807) is 12.1 Å². The molecular weight excluding hydrogens is 535 g/mol. The monoisotopic (exact) mass is 561 g/mol. The van der Waals surface area contributed by atoms with Gasteiger partial charge in [0.2, 0.25) is 0 Å². The molecule has 39 heavy (non-hydrogen) atoms. The molecule has 1 aliphatic carbocycles. The van der Waals surface area contributed by atoms with Gasteiger partial charge in [-0.25, -0.2) is 0 Å². The van der Waals surface area contributed by atoms with Crippen molar-refractivity contribution in [2.24, 2.45) is 11.1 Å². The van der Waals surface area contributed by atoms with Gasteiger partial charge in [-0.2, -0.15) is 18.4 Å². The second-order valence-corrected chi connectivity index (χ2v) is 10.5. The first-order valence-corrected chi connectivity index (χ1v) is 12.3. The number of nitrogens with two attached hydrogens (primary N) is 1. The molecule has 1 heterocycles. The van der Waals surface area contributed by atoms with Crippen molar-refractivity contribution in [1.29, 1.82) is 5.26 Å². The number of anilines is 1. The summed E-state index contributed by atoms with van der Waals surface area (Å²) in [6, 6.07) is 8.13. The van der Waals surface area contributed by atoms with Crippen molar-refractivity contribution < 1.29 is 32.2 Å². The molecule has 0 saturated heterocycles. The maximum absolute atomic E-state index is 13.8. The lowest BCUT2D eigenvalue weighted by Crippen LogP contribution is -2.42. The van der Waals surface area contributed by atoms with Gasteiger partial charge in [0.05, 0.1) is 55.2 Å². The summed E-state index contributed by atoms with van der Waals surface area (Å²) in [4.78, 5) is 15.1. The number of ketones is 1. The summed E-state index contributed by atoms with van der Waals surface area (Å²) in [5, 5.41) is 10.3. The van der Waals surface area contributed by atoms with Crippen molar-refractivity contribution in [2.45, 2.75) is 38.8 Å². The fourth-order valence-electron chi connectivity index (χ4n) is 5.25. The van der Waals surface area contributed by atoms with Crippen LogP contribution in [0.1, 0.15) is 43.7 Å². The van der Waals surface area contributed by atoms with E-state index in [1.807, 2.05) is 13.8 Å². The zero-order valence-corrected chi connectivity index (χ0v) is 22.8. The number of nitrogens with zero attached hydrogens (tertiary/aromatic N) is 2. The molecule has 2 N–H and O–H groups in total. The minimum absolute atomic E-state index is 0.0241. The number of carbonyl (C=O) groups excluding carboxylic acids is 1. The number of benzene rings is 2. The first kappa shape index (κ1) is 28.2.